The molecule has 11 heteroatoms. The summed E-state index contributed by atoms with van der Waals surface area (Å²) in [6, 6.07) is 4.02. The Labute approximate surface area is 149 Å². The van der Waals surface area contributed by atoms with Crippen LogP contribution in [-0.4, -0.2) is 57.8 Å². The van der Waals surface area contributed by atoms with E-state index in [2.05, 4.69) is 0 Å². The molecular weight excluding hydrogens is 369 g/mol. The zero-order chi connectivity index (χ0) is 19.1. The minimum absolute atomic E-state index is 0.0226. The van der Waals surface area contributed by atoms with Crippen LogP contribution in [0, 0.1) is 11.0 Å². The fourth-order valence-electron chi connectivity index (χ4n) is 2.92. The molecule has 3 rings (SSSR count). The molecule has 0 spiro atoms. The number of hydrogen-bond acceptors (Lipinski definition) is 7. The lowest BCUT2D eigenvalue weighted by molar-refractivity contribution is -0.768. The van der Waals surface area contributed by atoms with Crippen LogP contribution < -0.4 is 14.9 Å². The summed E-state index contributed by atoms with van der Waals surface area (Å²) in [5, 5.41) is 10.8. The average molecular weight is 387 g/mol. The number of cyclic esters (lactones) is 1. The highest BCUT2D eigenvalue weighted by atomic mass is 32.2. The Morgan fingerprint density at radius 2 is 2.19 bits per heavy atom. The van der Waals surface area contributed by atoms with Crippen LogP contribution in [0.15, 0.2) is 18.2 Å². The fraction of sp³-hybridized carbons (Fsp3) is 0.467. The maximum atomic E-state index is 14.4. The first kappa shape index (κ1) is 18.5. The number of nitrogens with one attached hydrogen (secondary N) is 1. The van der Waals surface area contributed by atoms with Gasteiger partial charge in [0.05, 0.1) is 30.6 Å². The maximum absolute atomic E-state index is 14.4. The number of hydroxylamine groups is 2. The van der Waals surface area contributed by atoms with Crippen LogP contribution in [0.4, 0.5) is 20.6 Å². The first-order valence-electron chi connectivity index (χ1n) is 7.93. The Hall–Kier alpha value is -2.24. The number of hydrogen-bond donors (Lipinski definition) is 1. The van der Waals surface area contributed by atoms with Gasteiger partial charge in [-0.2, -0.15) is 0 Å². The minimum atomic E-state index is -3.21. The molecule has 9 nitrogen and oxygen atoms in total. The molecule has 1 aromatic carbocycles. The second-order valence-electron chi connectivity index (χ2n) is 6.28. The van der Waals surface area contributed by atoms with E-state index in [0.717, 1.165) is 13.0 Å². The molecule has 2 fully saturated rings. The number of ether oxygens (including phenoxy) is 1. The number of quaternary nitrogens is 1. The van der Waals surface area contributed by atoms with Gasteiger partial charge in [0.15, 0.2) is 15.9 Å². The predicted octanol–water partition coefficient (Wildman–Crippen LogP) is -0.728. The number of carbonyl (C=O) groups is 2. The highest BCUT2D eigenvalue weighted by Crippen LogP contribution is 2.29. The normalized spacial score (nSPS) is 23.2. The first-order valence-corrected chi connectivity index (χ1v) is 9.75. The predicted molar refractivity (Wildman–Crippen MR) is 89.9 cm³/mol. The van der Waals surface area contributed by atoms with Crippen LogP contribution in [0.25, 0.3) is 0 Å². The second-order valence-corrected chi connectivity index (χ2v) is 8.43. The molecule has 1 aromatic rings. The number of amides is 2. The van der Waals surface area contributed by atoms with Crippen LogP contribution in [-0.2, 0) is 19.4 Å². The monoisotopic (exact) mass is 387 g/mol. The van der Waals surface area contributed by atoms with Crippen molar-refractivity contribution >= 4 is 33.2 Å². The van der Waals surface area contributed by atoms with Gasteiger partial charge in [0.2, 0.25) is 0 Å². The maximum Gasteiger partial charge on any atom is 0.414 e. The Balaban J connectivity index is 1.73. The van der Waals surface area contributed by atoms with E-state index in [0.29, 0.717) is 0 Å². The van der Waals surface area contributed by atoms with E-state index in [-0.39, 0.29) is 42.6 Å². The molecule has 2 aliphatic heterocycles. The van der Waals surface area contributed by atoms with Gasteiger partial charge in [-0.05, 0) is 18.2 Å². The highest BCUT2D eigenvalue weighted by Gasteiger charge is 2.35. The Kier molecular flexibility index (Phi) is 4.86. The summed E-state index contributed by atoms with van der Waals surface area (Å²) in [7, 11) is -3.21. The number of rotatable bonds is 4. The third-order valence-electron chi connectivity index (χ3n) is 4.29. The van der Waals surface area contributed by atoms with Crippen LogP contribution in [0.1, 0.15) is 6.92 Å². The highest BCUT2D eigenvalue weighted by molar-refractivity contribution is 7.91. The van der Waals surface area contributed by atoms with Crippen molar-refractivity contribution in [1.82, 2.24) is 0 Å². The standard InChI is InChI=1S/C15H18FN3O6S/c1-10(20)19(22)8-12-7-18(15(21)25-12)11-2-3-14(13(16)6-11)17-4-5-26(23,24)9-17/h2-3,6,12,19H,4-5,7-9H2,1H3. The SMILES string of the molecule is CC(=O)[NH+]([O-])CC1CN(c2ccc(N3CCS(=O)(=O)C3)c(F)c2)C(=O)O1. The number of benzene rings is 1. The van der Waals surface area contributed by atoms with E-state index in [1.54, 1.807) is 0 Å². The molecule has 0 aliphatic carbocycles. The van der Waals surface area contributed by atoms with E-state index in [1.165, 1.54) is 21.9 Å². The molecule has 2 amide bonds. The first-order chi connectivity index (χ1) is 12.2. The van der Waals surface area contributed by atoms with E-state index in [9.17, 15) is 27.6 Å². The van der Waals surface area contributed by atoms with Gasteiger partial charge in [0.25, 0.3) is 0 Å². The molecule has 2 saturated heterocycles. The zero-order valence-corrected chi connectivity index (χ0v) is 14.8. The van der Waals surface area contributed by atoms with Crippen LogP contribution in [0.5, 0.6) is 0 Å². The molecule has 2 heterocycles. The van der Waals surface area contributed by atoms with Crippen molar-refractivity contribution in [1.29, 1.82) is 0 Å². The van der Waals surface area contributed by atoms with Gasteiger partial charge in [-0.15, -0.1) is 0 Å². The number of anilines is 2. The number of nitrogens with zero attached hydrogens (tertiary/aromatic N) is 2. The summed E-state index contributed by atoms with van der Waals surface area (Å²) >= 11 is 0. The van der Waals surface area contributed by atoms with E-state index < -0.39 is 38.8 Å². The lowest BCUT2D eigenvalue weighted by atomic mass is 10.2. The van der Waals surface area contributed by atoms with Crippen molar-refractivity contribution in [3.8, 4) is 0 Å². The van der Waals surface area contributed by atoms with Crippen LogP contribution >= 0.6 is 0 Å². The van der Waals surface area contributed by atoms with Crippen LogP contribution in [0.2, 0.25) is 0 Å². The molecule has 1 N–H and O–H groups in total. The lowest BCUT2D eigenvalue weighted by Crippen LogP contribution is -3.10. The van der Waals surface area contributed by atoms with Crippen molar-refractivity contribution in [2.45, 2.75) is 13.0 Å². The van der Waals surface area contributed by atoms with E-state index >= 15 is 0 Å². The van der Waals surface area contributed by atoms with Crippen molar-refractivity contribution < 1.29 is 32.2 Å². The summed E-state index contributed by atoms with van der Waals surface area (Å²) in [5.41, 5.74) is 0.377. The molecule has 2 atom stereocenters. The number of halogens is 1. The van der Waals surface area contributed by atoms with Gasteiger partial charge in [-0.3, -0.25) is 4.90 Å². The van der Waals surface area contributed by atoms with Gasteiger partial charge >= 0.3 is 12.0 Å². The molecule has 0 saturated carbocycles. The topological polar surface area (TPSA) is 111 Å². The molecular formula is C15H18FN3O6S. The quantitative estimate of drug-likeness (QED) is 0.678. The fourth-order valence-corrected chi connectivity index (χ4v) is 4.29. The number of carbonyl (C=O) groups excluding carboxylic acids is 2. The van der Waals surface area contributed by atoms with Gasteiger partial charge in [0.1, 0.15) is 18.2 Å². The Morgan fingerprint density at radius 1 is 1.46 bits per heavy atom. The Bertz CT molecular complexity index is 846. The molecule has 26 heavy (non-hydrogen) atoms. The molecule has 142 valence electrons. The summed E-state index contributed by atoms with van der Waals surface area (Å²) in [6.45, 7) is 1.15. The largest absolute Gasteiger partial charge is 0.627 e. The molecule has 2 unspecified atom stereocenters. The van der Waals surface area contributed by atoms with Gasteiger partial charge < -0.3 is 19.9 Å². The number of sulfone groups is 1. The molecule has 2 aliphatic rings. The van der Waals surface area contributed by atoms with Crippen molar-refractivity contribution in [2.24, 2.45) is 0 Å². The van der Waals surface area contributed by atoms with Crippen LogP contribution in [0.3, 0.4) is 0 Å². The third-order valence-corrected chi connectivity index (χ3v) is 5.80. The average Bonchev–Trinajstić information content (AvgIpc) is 3.09. The second kappa shape index (κ2) is 6.82. The molecule has 0 bridgehead atoms. The van der Waals surface area contributed by atoms with Gasteiger partial charge in [-0.25, -0.2) is 22.4 Å². The summed E-state index contributed by atoms with van der Waals surface area (Å²) in [5.74, 6) is -1.55. The summed E-state index contributed by atoms with van der Waals surface area (Å²) < 4.78 is 42.5. The smallest absolute Gasteiger partial charge is 0.414 e. The Morgan fingerprint density at radius 3 is 2.77 bits per heavy atom. The molecule has 0 aromatic heterocycles. The van der Waals surface area contributed by atoms with Gasteiger partial charge in [0, 0.05) is 6.54 Å². The van der Waals surface area contributed by atoms with Crippen molar-refractivity contribution in [3.05, 3.63) is 29.2 Å². The summed E-state index contributed by atoms with van der Waals surface area (Å²) in [4.78, 5) is 25.6. The third kappa shape index (κ3) is 3.79. The van der Waals surface area contributed by atoms with Crippen molar-refractivity contribution in [2.75, 3.05) is 41.1 Å². The zero-order valence-electron chi connectivity index (χ0n) is 14.0. The minimum Gasteiger partial charge on any atom is -0.627 e. The van der Waals surface area contributed by atoms with E-state index in [1.807, 2.05) is 0 Å². The van der Waals surface area contributed by atoms with Crippen molar-refractivity contribution in [3.63, 3.8) is 0 Å². The van der Waals surface area contributed by atoms with E-state index in [4.69, 9.17) is 4.74 Å². The summed E-state index contributed by atoms with van der Waals surface area (Å²) in [6.07, 6.45) is -1.51. The lowest BCUT2D eigenvalue weighted by Gasteiger charge is -2.20. The molecule has 0 radical (unpaired) electrons. The van der Waals surface area contributed by atoms with Gasteiger partial charge in [-0.1, -0.05) is 0 Å².